The van der Waals surface area contributed by atoms with Crippen molar-refractivity contribution in [3.8, 4) is 0 Å². The number of thiophene rings is 1. The molecule has 0 aliphatic rings. The molecule has 1 atom stereocenters. The minimum absolute atomic E-state index is 0.00250. The van der Waals surface area contributed by atoms with Gasteiger partial charge in [0, 0.05) is 0 Å². The Morgan fingerprint density at radius 3 is 2.42 bits per heavy atom. The van der Waals surface area contributed by atoms with Gasteiger partial charge in [-0.2, -0.15) is 4.72 Å². The first kappa shape index (κ1) is 19.7. The lowest BCUT2D eigenvalue weighted by atomic mass is 10.1. The number of methoxy groups -OCH3 is 1. The Morgan fingerprint density at radius 2 is 1.92 bits per heavy atom. The highest BCUT2D eigenvalue weighted by Gasteiger charge is 2.31. The molecular formula is C14H12BrCl2NO4S2. The molecule has 0 saturated carbocycles. The van der Waals surface area contributed by atoms with Crippen molar-refractivity contribution in [2.24, 2.45) is 0 Å². The van der Waals surface area contributed by atoms with Gasteiger partial charge in [0.1, 0.15) is 19.6 Å². The molecule has 2 rings (SSSR count). The Hall–Kier alpha value is -0.640. The Bertz CT molecular complexity index is 840. The summed E-state index contributed by atoms with van der Waals surface area (Å²) in [6.45, 7) is 0. The number of carbonyl (C=O) groups is 1. The predicted molar refractivity (Wildman–Crippen MR) is 98.3 cm³/mol. The van der Waals surface area contributed by atoms with Crippen molar-refractivity contribution in [1.29, 1.82) is 0 Å². The van der Waals surface area contributed by atoms with Crippen LogP contribution < -0.4 is 4.72 Å². The Labute approximate surface area is 162 Å². The number of hydrogen-bond donors (Lipinski definition) is 1. The third kappa shape index (κ3) is 4.50. The maximum absolute atomic E-state index is 12.6. The molecule has 5 nitrogen and oxygen atoms in total. The second-order valence-corrected chi connectivity index (χ2v) is 9.35. The Morgan fingerprint density at radius 1 is 1.29 bits per heavy atom. The fourth-order valence-electron chi connectivity index (χ4n) is 1.98. The van der Waals surface area contributed by atoms with Crippen molar-refractivity contribution >= 4 is 66.5 Å². The molecule has 0 amide bonds. The molecule has 1 N–H and O–H groups in total. The maximum atomic E-state index is 12.6. The number of rotatable bonds is 6. The summed E-state index contributed by atoms with van der Waals surface area (Å²) in [7, 11) is -2.89. The second-order valence-electron chi connectivity index (χ2n) is 4.68. The molecule has 0 fully saturated rings. The number of nitrogens with one attached hydrogen (secondary N) is 1. The minimum atomic E-state index is -4.08. The molecule has 1 unspecified atom stereocenters. The van der Waals surface area contributed by atoms with Crippen molar-refractivity contribution in [3.63, 3.8) is 0 Å². The molecule has 2 aromatic rings. The number of carbonyl (C=O) groups excluding carboxylic acids is 1. The monoisotopic (exact) mass is 471 g/mol. The van der Waals surface area contributed by atoms with Crippen molar-refractivity contribution in [2.75, 3.05) is 7.11 Å². The Balaban J connectivity index is 2.33. The van der Waals surface area contributed by atoms with Crippen LogP contribution in [0.4, 0.5) is 0 Å². The van der Waals surface area contributed by atoms with Gasteiger partial charge in [0.25, 0.3) is 0 Å². The van der Waals surface area contributed by atoms with Gasteiger partial charge in [-0.05, 0) is 27.9 Å². The SMILES string of the molecule is COC(=O)C(Cc1ccccc1)NS(=O)(=O)c1c(Cl)sc(Cl)c1Br. The zero-order chi connectivity index (χ0) is 17.9. The molecule has 0 saturated heterocycles. The summed E-state index contributed by atoms with van der Waals surface area (Å²) in [5, 5.41) is 0. The third-order valence-electron chi connectivity index (χ3n) is 3.06. The smallest absolute Gasteiger partial charge is 0.324 e. The molecule has 24 heavy (non-hydrogen) atoms. The van der Waals surface area contributed by atoms with Crippen LogP contribution in [0.3, 0.4) is 0 Å². The van der Waals surface area contributed by atoms with E-state index < -0.39 is 22.0 Å². The summed E-state index contributed by atoms with van der Waals surface area (Å²) in [6.07, 6.45) is 0.139. The van der Waals surface area contributed by atoms with Crippen LogP contribution in [0, 0.1) is 0 Å². The molecule has 0 spiro atoms. The van der Waals surface area contributed by atoms with Crippen LogP contribution in [0.1, 0.15) is 5.56 Å². The largest absolute Gasteiger partial charge is 0.468 e. The third-order valence-corrected chi connectivity index (χ3v) is 8.00. The van der Waals surface area contributed by atoms with E-state index >= 15 is 0 Å². The topological polar surface area (TPSA) is 72.5 Å². The van der Waals surface area contributed by atoms with E-state index in [0.29, 0.717) is 0 Å². The molecule has 1 heterocycles. The van der Waals surface area contributed by atoms with Crippen LogP contribution in [-0.2, 0) is 26.0 Å². The molecule has 0 aliphatic carbocycles. The van der Waals surface area contributed by atoms with Gasteiger partial charge < -0.3 is 4.74 Å². The average molecular weight is 473 g/mol. The van der Waals surface area contributed by atoms with E-state index in [2.05, 4.69) is 20.7 Å². The highest BCUT2D eigenvalue weighted by Crippen LogP contribution is 2.42. The van der Waals surface area contributed by atoms with E-state index in [1.807, 2.05) is 6.07 Å². The number of sulfonamides is 1. The number of halogens is 3. The van der Waals surface area contributed by atoms with Crippen molar-refractivity contribution in [1.82, 2.24) is 4.72 Å². The predicted octanol–water partition coefficient (Wildman–Crippen LogP) is 3.88. The summed E-state index contributed by atoms with van der Waals surface area (Å²) in [6, 6.07) is 7.90. The quantitative estimate of drug-likeness (QED) is 0.647. The van der Waals surface area contributed by atoms with Gasteiger partial charge in [0.2, 0.25) is 10.0 Å². The van der Waals surface area contributed by atoms with Crippen LogP contribution in [0.2, 0.25) is 8.67 Å². The molecule has 0 radical (unpaired) electrons. The fourth-order valence-corrected chi connectivity index (χ4v) is 6.72. The van der Waals surface area contributed by atoms with E-state index in [-0.39, 0.29) is 24.5 Å². The van der Waals surface area contributed by atoms with Gasteiger partial charge in [-0.3, -0.25) is 4.79 Å². The van der Waals surface area contributed by atoms with Crippen LogP contribution in [0.5, 0.6) is 0 Å². The van der Waals surface area contributed by atoms with Gasteiger partial charge in [0.15, 0.2) is 0 Å². The normalized spacial score (nSPS) is 12.8. The standard InChI is InChI=1S/C14H12BrCl2NO4S2/c1-22-14(19)9(7-8-5-3-2-4-6-8)18-24(20,21)11-10(15)12(16)23-13(11)17/h2-6,9,18H,7H2,1H3. The van der Waals surface area contributed by atoms with Gasteiger partial charge in [-0.1, -0.05) is 53.5 Å². The van der Waals surface area contributed by atoms with Crippen molar-refractivity contribution in [3.05, 3.63) is 49.0 Å². The molecule has 130 valence electrons. The van der Waals surface area contributed by atoms with E-state index in [1.165, 1.54) is 7.11 Å². The van der Waals surface area contributed by atoms with Crippen molar-refractivity contribution < 1.29 is 17.9 Å². The molecule has 10 heteroatoms. The van der Waals surface area contributed by atoms with Gasteiger partial charge in [-0.25, -0.2) is 8.42 Å². The number of esters is 1. The lowest BCUT2D eigenvalue weighted by molar-refractivity contribution is -0.142. The summed E-state index contributed by atoms with van der Waals surface area (Å²) in [4.78, 5) is 11.8. The average Bonchev–Trinajstić information content (AvgIpc) is 2.79. The summed E-state index contributed by atoms with van der Waals surface area (Å²) in [5.74, 6) is -0.698. The van der Waals surface area contributed by atoms with Gasteiger partial charge in [0.05, 0.1) is 11.6 Å². The number of hydrogen-bond acceptors (Lipinski definition) is 5. The fraction of sp³-hybridized carbons (Fsp3) is 0.214. The van der Waals surface area contributed by atoms with Gasteiger partial charge >= 0.3 is 5.97 Å². The molecule has 0 bridgehead atoms. The highest BCUT2D eigenvalue weighted by molar-refractivity contribution is 9.10. The molecule has 0 aliphatic heterocycles. The van der Waals surface area contributed by atoms with E-state index in [4.69, 9.17) is 27.9 Å². The van der Waals surface area contributed by atoms with Crippen LogP contribution in [0.15, 0.2) is 39.7 Å². The molecule has 1 aromatic heterocycles. The number of ether oxygens (including phenoxy) is 1. The first-order valence-corrected chi connectivity index (χ1v) is 10.4. The zero-order valence-corrected chi connectivity index (χ0v) is 17.0. The second kappa shape index (κ2) is 8.16. The first-order valence-electron chi connectivity index (χ1n) is 6.53. The van der Waals surface area contributed by atoms with Crippen LogP contribution >= 0.6 is 50.5 Å². The first-order chi connectivity index (χ1) is 11.3. The van der Waals surface area contributed by atoms with E-state index in [9.17, 15) is 13.2 Å². The van der Waals surface area contributed by atoms with Crippen LogP contribution in [-0.4, -0.2) is 27.5 Å². The van der Waals surface area contributed by atoms with Crippen LogP contribution in [0.25, 0.3) is 0 Å². The zero-order valence-electron chi connectivity index (χ0n) is 12.3. The number of benzene rings is 1. The van der Waals surface area contributed by atoms with Crippen molar-refractivity contribution in [2.45, 2.75) is 17.4 Å². The highest BCUT2D eigenvalue weighted by atomic mass is 79.9. The minimum Gasteiger partial charge on any atom is -0.468 e. The molecular weight excluding hydrogens is 461 g/mol. The Kier molecular flexibility index (Phi) is 6.69. The van der Waals surface area contributed by atoms with E-state index in [0.717, 1.165) is 16.9 Å². The van der Waals surface area contributed by atoms with Gasteiger partial charge in [-0.15, -0.1) is 11.3 Å². The summed E-state index contributed by atoms with van der Waals surface area (Å²) >= 11 is 15.9. The molecule has 1 aromatic carbocycles. The lowest BCUT2D eigenvalue weighted by Gasteiger charge is -2.17. The maximum Gasteiger partial charge on any atom is 0.324 e. The lowest BCUT2D eigenvalue weighted by Crippen LogP contribution is -2.43. The summed E-state index contributed by atoms with van der Waals surface area (Å²) in [5.41, 5.74) is 0.782. The van der Waals surface area contributed by atoms with E-state index in [1.54, 1.807) is 24.3 Å². The summed E-state index contributed by atoms with van der Waals surface area (Å²) < 4.78 is 32.6.